The Hall–Kier alpha value is -0.720. The van der Waals surface area contributed by atoms with Crippen molar-refractivity contribution >= 4 is 20.8 Å². The van der Waals surface area contributed by atoms with Gasteiger partial charge < -0.3 is 0 Å². The third-order valence-electron chi connectivity index (χ3n) is 4.18. The van der Waals surface area contributed by atoms with Crippen LogP contribution < -0.4 is 4.72 Å². The fraction of sp³-hybridized carbons (Fsp3) is 0.450. The molecule has 143 valence electrons. The first-order valence-electron chi connectivity index (χ1n) is 8.70. The third kappa shape index (κ3) is 4.96. The van der Waals surface area contributed by atoms with E-state index in [0.29, 0.717) is 5.25 Å². The van der Waals surface area contributed by atoms with E-state index < -0.39 is 31.6 Å². The smallest absolute Gasteiger partial charge is 0.240 e. The number of rotatable bonds is 6. The summed E-state index contributed by atoms with van der Waals surface area (Å²) >= 11 is 0. The number of nitrogens with one attached hydrogen (secondary N) is 1. The zero-order valence-electron chi connectivity index (χ0n) is 16.2. The monoisotopic (exact) mass is 394 g/mol. The second kappa shape index (κ2) is 8.11. The molecule has 1 aromatic carbocycles. The molecule has 0 unspecified atom stereocenters. The van der Waals surface area contributed by atoms with E-state index in [1.807, 2.05) is 60.8 Å². The van der Waals surface area contributed by atoms with Crippen molar-refractivity contribution in [2.45, 2.75) is 57.2 Å². The highest BCUT2D eigenvalue weighted by Gasteiger charge is 2.44. The van der Waals surface area contributed by atoms with Gasteiger partial charge in [0, 0.05) is 27.5 Å². The van der Waals surface area contributed by atoms with E-state index in [1.54, 1.807) is 24.3 Å². The Kier molecular flexibility index (Phi) is 6.73. The Labute approximate surface area is 161 Å². The maximum atomic E-state index is 12.9. The fourth-order valence-electron chi connectivity index (χ4n) is 2.68. The molecule has 1 aromatic rings. The van der Waals surface area contributed by atoms with E-state index in [1.165, 1.54) is 0 Å². The summed E-state index contributed by atoms with van der Waals surface area (Å²) in [5.41, 5.74) is 1.00. The minimum Gasteiger partial charge on any atom is -0.258 e. The third-order valence-corrected chi connectivity index (χ3v) is 7.52. The van der Waals surface area contributed by atoms with Gasteiger partial charge >= 0.3 is 0 Å². The number of sulfonamides is 1. The van der Waals surface area contributed by atoms with Crippen LogP contribution in [0.5, 0.6) is 0 Å². The molecule has 0 bridgehead atoms. The lowest BCUT2D eigenvalue weighted by Crippen LogP contribution is -2.45. The summed E-state index contributed by atoms with van der Waals surface area (Å²) in [6.07, 6.45) is 5.53. The van der Waals surface area contributed by atoms with E-state index in [0.717, 1.165) is 11.5 Å². The van der Waals surface area contributed by atoms with Gasteiger partial charge in [-0.05, 0) is 65.0 Å². The van der Waals surface area contributed by atoms with Gasteiger partial charge in [0.15, 0.2) is 0 Å². The molecule has 0 saturated heterocycles. The molecule has 1 fully saturated rings. The average Bonchev–Trinajstić information content (AvgIpc) is 3.00. The van der Waals surface area contributed by atoms with Crippen LogP contribution in [-0.2, 0) is 20.8 Å². The van der Waals surface area contributed by atoms with Crippen LogP contribution in [0.3, 0.4) is 0 Å². The first kappa shape index (κ1) is 21.6. The van der Waals surface area contributed by atoms with Gasteiger partial charge in [0.05, 0.1) is 10.1 Å². The predicted octanol–water partition coefficient (Wildman–Crippen LogP) is 3.58. The lowest BCUT2D eigenvalue weighted by atomic mass is 9.90. The van der Waals surface area contributed by atoms with Gasteiger partial charge in [-0.25, -0.2) is 13.1 Å². The van der Waals surface area contributed by atoms with Crippen LogP contribution >= 0.6 is 0 Å². The second-order valence-corrected chi connectivity index (χ2v) is 11.8. The Morgan fingerprint density at radius 3 is 2.12 bits per heavy atom. The van der Waals surface area contributed by atoms with Gasteiger partial charge in [0.2, 0.25) is 10.0 Å². The molecule has 26 heavy (non-hydrogen) atoms. The zero-order valence-corrected chi connectivity index (χ0v) is 17.9. The molecule has 0 heterocycles. The van der Waals surface area contributed by atoms with Crippen LogP contribution in [0.4, 0.5) is 0 Å². The molecule has 0 spiro atoms. The number of hydrogen-bond donors (Lipinski definition) is 1. The van der Waals surface area contributed by atoms with Crippen molar-refractivity contribution in [1.82, 2.24) is 4.72 Å². The quantitative estimate of drug-likeness (QED) is 0.802. The van der Waals surface area contributed by atoms with Crippen molar-refractivity contribution < 1.29 is 12.6 Å². The van der Waals surface area contributed by atoms with Crippen LogP contribution in [0.1, 0.15) is 40.2 Å². The van der Waals surface area contributed by atoms with Gasteiger partial charge in [0.1, 0.15) is 0 Å². The molecule has 0 aromatic heterocycles. The highest BCUT2D eigenvalue weighted by atomic mass is 32.2. The van der Waals surface area contributed by atoms with Crippen molar-refractivity contribution in [2.24, 2.45) is 5.92 Å². The molecule has 0 amide bonds. The van der Waals surface area contributed by atoms with Gasteiger partial charge in [0.25, 0.3) is 0 Å². The Morgan fingerprint density at radius 2 is 1.62 bits per heavy atom. The number of hydrogen-bond acceptors (Lipinski definition) is 3. The van der Waals surface area contributed by atoms with E-state index in [-0.39, 0.29) is 10.8 Å². The molecular formula is C20H28NO3S2. The topological polar surface area (TPSA) is 63.2 Å². The molecule has 1 saturated carbocycles. The van der Waals surface area contributed by atoms with E-state index in [9.17, 15) is 12.6 Å². The summed E-state index contributed by atoms with van der Waals surface area (Å²) in [6, 6.07) is 6.32. The van der Waals surface area contributed by atoms with Crippen LogP contribution in [0.15, 0.2) is 29.2 Å². The van der Waals surface area contributed by atoms with Crippen molar-refractivity contribution in [3.8, 4) is 0 Å². The summed E-state index contributed by atoms with van der Waals surface area (Å²) in [5.74, 6) is 0.789. The Morgan fingerprint density at radius 1 is 1.04 bits per heavy atom. The summed E-state index contributed by atoms with van der Waals surface area (Å²) in [6.45, 7) is 11.6. The first-order valence-corrected chi connectivity index (χ1v) is 11.3. The number of benzene rings is 1. The van der Waals surface area contributed by atoms with Crippen molar-refractivity contribution in [2.75, 3.05) is 0 Å². The maximum Gasteiger partial charge on any atom is 0.240 e. The minimum absolute atomic E-state index is 0.00772. The number of aryl methyl sites for hydroxylation is 1. The van der Waals surface area contributed by atoms with E-state index in [2.05, 4.69) is 4.72 Å². The van der Waals surface area contributed by atoms with Crippen molar-refractivity contribution in [3.05, 3.63) is 60.3 Å². The van der Waals surface area contributed by atoms with Crippen LogP contribution in [0, 0.1) is 43.3 Å². The minimum atomic E-state index is -3.67. The summed E-state index contributed by atoms with van der Waals surface area (Å²) < 4.78 is 41.0. The standard InChI is InChI=1S/C20H28NO3S2/c1-14(2)19(17-8-7-9-18(17)25(22)20(4,5)6)21-26(23,24)16-12-10-15(3)11-13-16/h7-14,19,21H,1-6H3/t19-,25+/m0/s1. The van der Waals surface area contributed by atoms with Crippen LogP contribution in [0.2, 0.25) is 0 Å². The largest absolute Gasteiger partial charge is 0.258 e. The summed E-state index contributed by atoms with van der Waals surface area (Å²) in [7, 11) is -4.90. The maximum absolute atomic E-state index is 12.9. The molecule has 1 N–H and O–H groups in total. The average molecular weight is 395 g/mol. The van der Waals surface area contributed by atoms with E-state index in [4.69, 9.17) is 0 Å². The predicted molar refractivity (Wildman–Crippen MR) is 107 cm³/mol. The molecule has 2 atom stereocenters. The molecule has 1 aliphatic carbocycles. The van der Waals surface area contributed by atoms with Crippen molar-refractivity contribution in [1.29, 1.82) is 0 Å². The van der Waals surface area contributed by atoms with Crippen molar-refractivity contribution in [3.63, 3.8) is 0 Å². The lowest BCUT2D eigenvalue weighted by molar-refractivity contribution is 0.470. The molecule has 5 radical (unpaired) electrons. The van der Waals surface area contributed by atoms with Gasteiger partial charge in [-0.2, -0.15) is 0 Å². The Balaban J connectivity index is 2.28. The van der Waals surface area contributed by atoms with Crippen LogP contribution in [-0.4, -0.2) is 23.4 Å². The summed E-state index contributed by atoms with van der Waals surface area (Å²) in [5, 5.41) is 0.697. The molecule has 2 rings (SSSR count). The SMILES string of the molecule is Cc1ccc(S(=O)(=O)N[C@H]([C]2[CH][CH][CH][C]2[S@@](=O)C(C)(C)C)C(C)C)cc1. The van der Waals surface area contributed by atoms with Gasteiger partial charge in [-0.1, -0.05) is 31.5 Å². The molecular weight excluding hydrogens is 366 g/mol. The molecule has 6 heteroatoms. The lowest BCUT2D eigenvalue weighted by Gasteiger charge is -2.33. The highest BCUT2D eigenvalue weighted by molar-refractivity contribution is 7.90. The molecule has 0 aliphatic heterocycles. The Bertz CT molecular complexity index is 733. The van der Waals surface area contributed by atoms with Crippen LogP contribution in [0.25, 0.3) is 0 Å². The normalized spacial score (nSPS) is 19.8. The van der Waals surface area contributed by atoms with Gasteiger partial charge in [-0.3, -0.25) is 4.21 Å². The first-order chi connectivity index (χ1) is 11.9. The zero-order chi connectivity index (χ0) is 19.7. The summed E-state index contributed by atoms with van der Waals surface area (Å²) in [4.78, 5) is 0.235. The van der Waals surface area contributed by atoms with E-state index >= 15 is 0 Å². The molecule has 1 aliphatic rings. The molecule has 4 nitrogen and oxygen atoms in total. The van der Waals surface area contributed by atoms with Gasteiger partial charge in [-0.15, -0.1) is 0 Å². The second-order valence-electron chi connectivity index (χ2n) is 7.88. The fourth-order valence-corrected chi connectivity index (χ4v) is 5.32. The highest BCUT2D eigenvalue weighted by Crippen LogP contribution is 2.43.